The minimum atomic E-state index is 0. The van der Waals surface area contributed by atoms with E-state index in [-0.39, 0.29) is 17.0 Å². The van der Waals surface area contributed by atoms with E-state index < -0.39 is 0 Å². The fraction of sp³-hybridized carbons (Fsp3) is 0.0667. The van der Waals surface area contributed by atoms with Gasteiger partial charge in [-0.2, -0.15) is 10.2 Å². The van der Waals surface area contributed by atoms with Crippen molar-refractivity contribution in [2.45, 2.75) is 0 Å². The molecular weight excluding hydrogens is 524 g/mol. The molecule has 7 heteroatoms. The van der Waals surface area contributed by atoms with Gasteiger partial charge in [-0.05, 0) is 47.5 Å². The highest BCUT2D eigenvalue weighted by Crippen LogP contribution is 2.21. The number of hydrogen-bond acceptors (Lipinski definition) is 2. The van der Waals surface area contributed by atoms with Crippen LogP contribution in [0.3, 0.4) is 0 Å². The number of halogens is 1. The molecule has 0 aliphatic rings. The molecule has 0 fully saturated rings. The predicted molar refractivity (Wildman–Crippen MR) is 143 cm³/mol. The predicted octanol–water partition coefficient (Wildman–Crippen LogP) is 1.63. The first-order valence-electron chi connectivity index (χ1n) is 11.9. The second-order valence-electron chi connectivity index (χ2n) is 8.81. The molecule has 6 aromatic rings. The minimum absolute atomic E-state index is 0. The van der Waals surface area contributed by atoms with Crippen molar-refractivity contribution in [2.75, 3.05) is 0 Å². The maximum Gasteiger partial charge on any atom is 0.286 e. The van der Waals surface area contributed by atoms with Crippen molar-refractivity contribution >= 4 is 23.7 Å². The van der Waals surface area contributed by atoms with Crippen molar-refractivity contribution in [3.05, 3.63) is 121 Å². The van der Waals surface area contributed by atoms with Crippen LogP contribution in [0.15, 0.2) is 120 Å². The van der Waals surface area contributed by atoms with Gasteiger partial charge in [0.15, 0.2) is 11.4 Å². The lowest BCUT2D eigenvalue weighted by Crippen LogP contribution is -3.00. The number of rotatable bonds is 5. The molecule has 0 atom stereocenters. The summed E-state index contributed by atoms with van der Waals surface area (Å²) in [5.74, 6) is 0. The number of pyridine rings is 2. The fourth-order valence-corrected chi connectivity index (χ4v) is 4.58. The summed E-state index contributed by atoms with van der Waals surface area (Å²) in [5, 5.41) is 8.49. The van der Waals surface area contributed by atoms with E-state index in [1.807, 2.05) is 12.1 Å². The Hall–Kier alpha value is -4.36. The summed E-state index contributed by atoms with van der Waals surface area (Å²) in [5.41, 5.74) is 8.95. The molecule has 0 saturated heterocycles. The van der Waals surface area contributed by atoms with E-state index in [4.69, 9.17) is 0 Å². The second kappa shape index (κ2) is 10.3. The van der Waals surface area contributed by atoms with Crippen LogP contribution >= 0.6 is 0 Å². The second-order valence-corrected chi connectivity index (χ2v) is 8.81. The zero-order valence-electron chi connectivity index (χ0n) is 20.6. The molecule has 6 rings (SSSR count). The number of fused-ring (bicyclic) bond motifs is 2. The average Bonchev–Trinajstić information content (AvgIpc) is 3.44. The van der Waals surface area contributed by atoms with E-state index in [2.05, 4.69) is 140 Å². The number of benzene rings is 2. The summed E-state index contributed by atoms with van der Waals surface area (Å²) in [4.78, 5) is 0. The normalized spacial score (nSPS) is 11.6. The van der Waals surface area contributed by atoms with E-state index in [0.29, 0.717) is 0 Å². The van der Waals surface area contributed by atoms with Crippen LogP contribution in [0.2, 0.25) is 0 Å². The lowest BCUT2D eigenvalue weighted by molar-refractivity contribution is -0.510. The Labute approximate surface area is 225 Å². The third-order valence-corrected chi connectivity index (χ3v) is 6.56. The Kier molecular flexibility index (Phi) is 6.79. The first-order valence-corrected chi connectivity index (χ1v) is 11.9. The van der Waals surface area contributed by atoms with Gasteiger partial charge < -0.3 is 17.0 Å². The highest BCUT2D eigenvalue weighted by atomic mass is 79.9. The van der Waals surface area contributed by atoms with Crippen molar-refractivity contribution in [3.8, 4) is 22.5 Å². The Bertz CT molecular complexity index is 1610. The Morgan fingerprint density at radius 1 is 0.568 bits per heavy atom. The van der Waals surface area contributed by atoms with Gasteiger partial charge >= 0.3 is 0 Å². The van der Waals surface area contributed by atoms with Gasteiger partial charge in [0.2, 0.25) is 0 Å². The zero-order chi connectivity index (χ0) is 24.5. The summed E-state index contributed by atoms with van der Waals surface area (Å²) in [6.45, 7) is 0. The summed E-state index contributed by atoms with van der Waals surface area (Å²) in [6.07, 6.45) is 12.0. The van der Waals surface area contributed by atoms with Crippen LogP contribution in [0.1, 0.15) is 11.1 Å². The molecule has 0 aliphatic carbocycles. The minimum Gasteiger partial charge on any atom is -1.00 e. The average molecular weight is 550 g/mol. The molecule has 0 amide bonds. The van der Waals surface area contributed by atoms with Crippen molar-refractivity contribution in [3.63, 3.8) is 0 Å². The van der Waals surface area contributed by atoms with E-state index in [1.165, 1.54) is 0 Å². The monoisotopic (exact) mass is 549 g/mol. The van der Waals surface area contributed by atoms with Crippen molar-refractivity contribution in [1.82, 2.24) is 9.13 Å². The van der Waals surface area contributed by atoms with Gasteiger partial charge in [0.25, 0.3) is 11.3 Å². The summed E-state index contributed by atoms with van der Waals surface area (Å²) in [6, 6.07) is 29.1. The SMILES string of the molecule is Cn1c(-c2ccc(C=NN=Cc3ccc(-c4c[n+]5ccccc5n4C)cc3)cc2)c[n+]2ccccc12.[Br-]. The molecule has 0 unspecified atom stereocenters. The van der Waals surface area contributed by atoms with Crippen LogP contribution in [0.25, 0.3) is 33.8 Å². The van der Waals surface area contributed by atoms with Gasteiger partial charge in [-0.3, -0.25) is 0 Å². The van der Waals surface area contributed by atoms with Crippen LogP contribution in [0.4, 0.5) is 0 Å². The van der Waals surface area contributed by atoms with Crippen LogP contribution in [-0.2, 0) is 14.1 Å². The quantitative estimate of drug-likeness (QED) is 0.178. The van der Waals surface area contributed by atoms with Crippen molar-refractivity contribution in [2.24, 2.45) is 24.3 Å². The Morgan fingerprint density at radius 2 is 0.973 bits per heavy atom. The van der Waals surface area contributed by atoms with Gasteiger partial charge in [-0.1, -0.05) is 36.4 Å². The van der Waals surface area contributed by atoms with Gasteiger partial charge in [0.05, 0.1) is 38.9 Å². The van der Waals surface area contributed by atoms with Gasteiger partial charge in [0.1, 0.15) is 12.4 Å². The van der Waals surface area contributed by atoms with Crippen LogP contribution in [0.5, 0.6) is 0 Å². The molecule has 0 bridgehead atoms. The molecular formula is C30H26BrN6+. The highest BCUT2D eigenvalue weighted by Gasteiger charge is 2.16. The van der Waals surface area contributed by atoms with Gasteiger partial charge in [-0.15, -0.1) is 0 Å². The number of nitrogens with zero attached hydrogens (tertiary/aromatic N) is 6. The van der Waals surface area contributed by atoms with Crippen molar-refractivity contribution in [1.29, 1.82) is 0 Å². The molecule has 0 radical (unpaired) electrons. The Balaban J connectivity index is 0.00000280. The molecule has 4 aromatic heterocycles. The summed E-state index contributed by atoms with van der Waals surface area (Å²) < 4.78 is 8.65. The number of imidazole rings is 2. The first kappa shape index (κ1) is 24.3. The number of aromatic nitrogens is 4. The summed E-state index contributed by atoms with van der Waals surface area (Å²) in [7, 11) is 4.17. The van der Waals surface area contributed by atoms with E-state index >= 15 is 0 Å². The molecule has 6 nitrogen and oxygen atoms in total. The van der Waals surface area contributed by atoms with E-state index in [0.717, 1.165) is 44.9 Å². The molecule has 37 heavy (non-hydrogen) atoms. The third kappa shape index (κ3) is 4.73. The largest absolute Gasteiger partial charge is 1.00 e. The molecule has 0 spiro atoms. The number of aryl methyl sites for hydroxylation is 2. The van der Waals surface area contributed by atoms with Crippen LogP contribution in [-0.4, -0.2) is 21.6 Å². The fourth-order valence-electron chi connectivity index (χ4n) is 4.58. The highest BCUT2D eigenvalue weighted by molar-refractivity contribution is 5.84. The maximum atomic E-state index is 4.24. The van der Waals surface area contributed by atoms with Gasteiger partial charge in [0, 0.05) is 23.3 Å². The molecule has 0 aliphatic heterocycles. The molecule has 4 heterocycles. The maximum absolute atomic E-state index is 4.24. The molecule has 182 valence electrons. The van der Waals surface area contributed by atoms with Gasteiger partial charge in [-0.25, -0.2) is 17.9 Å². The lowest BCUT2D eigenvalue weighted by atomic mass is 10.1. The van der Waals surface area contributed by atoms with Crippen molar-refractivity contribution < 1.29 is 25.8 Å². The first-order chi connectivity index (χ1) is 17.7. The smallest absolute Gasteiger partial charge is 0.286 e. The molecule has 0 saturated carbocycles. The molecule has 0 N–H and O–H groups in total. The Morgan fingerprint density at radius 3 is 1.35 bits per heavy atom. The standard InChI is InChI=1S/C30H26N6.BrH/c1-33-27(21-35-17-5-3-7-29(33)35)25-13-9-23(10-14-25)19-31-32-20-24-11-15-26(16-12-24)28-22-36-18-6-4-8-30(36)34(28)2;/h3-22H,1-2H3;1H/q+2;/p-1. The summed E-state index contributed by atoms with van der Waals surface area (Å²) >= 11 is 0. The topological polar surface area (TPSA) is 42.8 Å². The van der Waals surface area contributed by atoms with E-state index in [1.54, 1.807) is 12.4 Å². The zero-order valence-corrected chi connectivity index (χ0v) is 22.2. The molecule has 2 aromatic carbocycles. The lowest BCUT2D eigenvalue weighted by Gasteiger charge is -1.99. The van der Waals surface area contributed by atoms with Crippen LogP contribution in [0, 0.1) is 0 Å². The van der Waals surface area contributed by atoms with Crippen LogP contribution < -0.4 is 25.8 Å². The third-order valence-electron chi connectivity index (χ3n) is 6.56. The number of hydrogen-bond donors (Lipinski definition) is 0. The van der Waals surface area contributed by atoms with E-state index in [9.17, 15) is 0 Å².